The first-order chi connectivity index (χ1) is 12.3. The van der Waals surface area contributed by atoms with Gasteiger partial charge in [-0.05, 0) is 37.0 Å². The van der Waals surface area contributed by atoms with Gasteiger partial charge in [0, 0.05) is 49.9 Å². The summed E-state index contributed by atoms with van der Waals surface area (Å²) in [4.78, 5) is 22.0. The van der Waals surface area contributed by atoms with Gasteiger partial charge in [-0.2, -0.15) is 0 Å². The topological polar surface area (TPSA) is 45.7 Å². The minimum atomic E-state index is 0.144. The molecule has 0 radical (unpaired) electrons. The Labute approximate surface area is 148 Å². The Morgan fingerprint density at radius 1 is 1.16 bits per heavy atom. The average molecular weight is 339 g/mol. The molecule has 1 atom stereocenters. The summed E-state index contributed by atoms with van der Waals surface area (Å²) in [5, 5.41) is 0.949. The summed E-state index contributed by atoms with van der Waals surface area (Å²) in [6, 6.07) is 9.71. The SMILES string of the molecule is O=C(c1cccc2ncccc12)N1CCCC(CN2CCOCC2)C1. The van der Waals surface area contributed by atoms with Crippen LogP contribution >= 0.6 is 0 Å². The van der Waals surface area contributed by atoms with E-state index in [2.05, 4.69) is 9.88 Å². The van der Waals surface area contributed by atoms with E-state index in [0.717, 1.165) is 68.8 Å². The highest BCUT2D eigenvalue weighted by molar-refractivity contribution is 6.06. The van der Waals surface area contributed by atoms with Gasteiger partial charge in [-0.25, -0.2) is 0 Å². The molecular formula is C20H25N3O2. The van der Waals surface area contributed by atoms with Crippen molar-refractivity contribution < 1.29 is 9.53 Å². The number of aromatic nitrogens is 1. The van der Waals surface area contributed by atoms with Crippen LogP contribution in [0.5, 0.6) is 0 Å². The first-order valence-electron chi connectivity index (χ1n) is 9.24. The van der Waals surface area contributed by atoms with Crippen molar-refractivity contribution in [3.8, 4) is 0 Å². The van der Waals surface area contributed by atoms with Crippen molar-refractivity contribution in [2.24, 2.45) is 5.92 Å². The lowest BCUT2D eigenvalue weighted by atomic mass is 9.96. The van der Waals surface area contributed by atoms with E-state index in [1.54, 1.807) is 6.20 Å². The molecule has 2 aromatic rings. The number of carbonyl (C=O) groups is 1. The van der Waals surface area contributed by atoms with Gasteiger partial charge in [0.2, 0.25) is 0 Å². The fourth-order valence-corrected chi connectivity index (χ4v) is 4.01. The van der Waals surface area contributed by atoms with Gasteiger partial charge in [0.05, 0.1) is 18.7 Å². The summed E-state index contributed by atoms with van der Waals surface area (Å²) in [7, 11) is 0. The number of pyridine rings is 1. The van der Waals surface area contributed by atoms with Crippen molar-refractivity contribution in [1.29, 1.82) is 0 Å². The second kappa shape index (κ2) is 7.50. The molecular weight excluding hydrogens is 314 g/mol. The van der Waals surface area contributed by atoms with Crippen LogP contribution in [0.15, 0.2) is 36.5 Å². The first kappa shape index (κ1) is 16.5. The Kier molecular flexibility index (Phi) is 4.95. The maximum absolute atomic E-state index is 13.1. The Morgan fingerprint density at radius 3 is 2.92 bits per heavy atom. The van der Waals surface area contributed by atoms with Crippen LogP contribution in [0.3, 0.4) is 0 Å². The molecule has 0 bridgehead atoms. The molecule has 3 heterocycles. The molecule has 1 aromatic carbocycles. The van der Waals surface area contributed by atoms with Crippen LogP contribution in [-0.2, 0) is 4.74 Å². The van der Waals surface area contributed by atoms with Gasteiger partial charge in [-0.15, -0.1) is 0 Å². The summed E-state index contributed by atoms with van der Waals surface area (Å²) in [5.74, 6) is 0.703. The lowest BCUT2D eigenvalue weighted by Crippen LogP contribution is -2.46. The average Bonchev–Trinajstić information content (AvgIpc) is 2.68. The molecule has 4 rings (SSSR count). The lowest BCUT2D eigenvalue weighted by molar-refractivity contribution is 0.0224. The summed E-state index contributed by atoms with van der Waals surface area (Å²) in [6.45, 7) is 6.47. The molecule has 25 heavy (non-hydrogen) atoms. The highest BCUT2D eigenvalue weighted by Gasteiger charge is 2.27. The molecule has 2 aliphatic heterocycles. The van der Waals surface area contributed by atoms with Gasteiger partial charge < -0.3 is 9.64 Å². The molecule has 1 aromatic heterocycles. The number of rotatable bonds is 3. The van der Waals surface area contributed by atoms with E-state index in [-0.39, 0.29) is 5.91 Å². The van der Waals surface area contributed by atoms with E-state index in [9.17, 15) is 4.79 Å². The number of nitrogens with zero attached hydrogens (tertiary/aromatic N) is 3. The number of likely N-dealkylation sites (tertiary alicyclic amines) is 1. The molecule has 5 heteroatoms. The van der Waals surface area contributed by atoms with Crippen LogP contribution in [0, 0.1) is 5.92 Å². The number of morpholine rings is 1. The van der Waals surface area contributed by atoms with E-state index >= 15 is 0 Å². The van der Waals surface area contributed by atoms with Crippen LogP contribution < -0.4 is 0 Å². The van der Waals surface area contributed by atoms with Crippen molar-refractivity contribution in [3.05, 3.63) is 42.1 Å². The minimum Gasteiger partial charge on any atom is -0.379 e. The molecule has 2 aliphatic rings. The Bertz CT molecular complexity index is 737. The maximum Gasteiger partial charge on any atom is 0.254 e. The Morgan fingerprint density at radius 2 is 2.04 bits per heavy atom. The van der Waals surface area contributed by atoms with E-state index < -0.39 is 0 Å². The molecule has 0 N–H and O–H groups in total. The molecule has 1 unspecified atom stereocenters. The molecule has 5 nitrogen and oxygen atoms in total. The van der Waals surface area contributed by atoms with Gasteiger partial charge in [0.25, 0.3) is 5.91 Å². The number of ether oxygens (including phenoxy) is 1. The quantitative estimate of drug-likeness (QED) is 0.862. The number of fused-ring (bicyclic) bond motifs is 1. The van der Waals surface area contributed by atoms with Crippen molar-refractivity contribution in [2.75, 3.05) is 45.9 Å². The summed E-state index contributed by atoms with van der Waals surface area (Å²) < 4.78 is 5.43. The molecule has 0 spiro atoms. The zero-order valence-electron chi connectivity index (χ0n) is 14.6. The zero-order valence-corrected chi connectivity index (χ0v) is 14.6. The van der Waals surface area contributed by atoms with Gasteiger partial charge in [0.15, 0.2) is 0 Å². The van der Waals surface area contributed by atoms with Crippen molar-refractivity contribution in [3.63, 3.8) is 0 Å². The first-order valence-corrected chi connectivity index (χ1v) is 9.24. The normalized spacial score (nSPS) is 22.2. The molecule has 0 saturated carbocycles. The third-order valence-corrected chi connectivity index (χ3v) is 5.30. The van der Waals surface area contributed by atoms with Crippen molar-refractivity contribution in [2.45, 2.75) is 12.8 Å². The van der Waals surface area contributed by atoms with E-state index in [4.69, 9.17) is 4.74 Å². The second-order valence-electron chi connectivity index (χ2n) is 7.05. The van der Waals surface area contributed by atoms with E-state index in [1.165, 1.54) is 6.42 Å². The van der Waals surface area contributed by atoms with Gasteiger partial charge in [-0.1, -0.05) is 12.1 Å². The fourth-order valence-electron chi connectivity index (χ4n) is 4.01. The largest absolute Gasteiger partial charge is 0.379 e. The van der Waals surface area contributed by atoms with Crippen LogP contribution in [0.1, 0.15) is 23.2 Å². The van der Waals surface area contributed by atoms with E-state index in [0.29, 0.717) is 5.92 Å². The van der Waals surface area contributed by atoms with Gasteiger partial charge in [0.1, 0.15) is 0 Å². The monoisotopic (exact) mass is 339 g/mol. The Balaban J connectivity index is 1.47. The summed E-state index contributed by atoms with van der Waals surface area (Å²) in [6.07, 6.45) is 4.07. The van der Waals surface area contributed by atoms with Crippen molar-refractivity contribution in [1.82, 2.24) is 14.8 Å². The van der Waals surface area contributed by atoms with Crippen LogP contribution in [0.25, 0.3) is 10.9 Å². The highest BCUT2D eigenvalue weighted by atomic mass is 16.5. The summed E-state index contributed by atoms with van der Waals surface area (Å²) >= 11 is 0. The number of carbonyl (C=O) groups excluding carboxylic acids is 1. The molecule has 1 amide bonds. The predicted molar refractivity (Wildman–Crippen MR) is 97.6 cm³/mol. The molecule has 132 valence electrons. The van der Waals surface area contributed by atoms with Crippen LogP contribution in [0.4, 0.5) is 0 Å². The lowest BCUT2D eigenvalue weighted by Gasteiger charge is -2.37. The summed E-state index contributed by atoms with van der Waals surface area (Å²) in [5.41, 5.74) is 1.66. The number of hydrogen-bond acceptors (Lipinski definition) is 4. The number of amides is 1. The van der Waals surface area contributed by atoms with Crippen LogP contribution in [-0.4, -0.2) is 66.6 Å². The number of piperidine rings is 1. The molecule has 0 aliphatic carbocycles. The molecule has 2 saturated heterocycles. The highest BCUT2D eigenvalue weighted by Crippen LogP contribution is 2.23. The third kappa shape index (κ3) is 3.67. The predicted octanol–water partition coefficient (Wildman–Crippen LogP) is 2.42. The minimum absolute atomic E-state index is 0.144. The van der Waals surface area contributed by atoms with E-state index in [1.807, 2.05) is 35.2 Å². The van der Waals surface area contributed by atoms with Gasteiger partial charge in [-0.3, -0.25) is 14.7 Å². The number of hydrogen-bond donors (Lipinski definition) is 0. The standard InChI is InChI=1S/C20H25N3O2/c24-20(18-5-1-7-19-17(18)6-2-8-21-19)23-9-3-4-16(15-23)14-22-10-12-25-13-11-22/h1-2,5-8,16H,3-4,9-15H2. The van der Waals surface area contributed by atoms with Crippen molar-refractivity contribution >= 4 is 16.8 Å². The number of benzene rings is 1. The third-order valence-electron chi connectivity index (χ3n) is 5.30. The fraction of sp³-hybridized carbons (Fsp3) is 0.500. The van der Waals surface area contributed by atoms with Gasteiger partial charge >= 0.3 is 0 Å². The molecule has 2 fully saturated rings. The second-order valence-corrected chi connectivity index (χ2v) is 7.05. The zero-order chi connectivity index (χ0) is 17.1. The van der Waals surface area contributed by atoms with Crippen LogP contribution in [0.2, 0.25) is 0 Å². The Hall–Kier alpha value is -1.98. The maximum atomic E-state index is 13.1. The smallest absolute Gasteiger partial charge is 0.254 e.